The van der Waals surface area contributed by atoms with E-state index in [0.717, 1.165) is 12.2 Å². The van der Waals surface area contributed by atoms with E-state index in [2.05, 4.69) is 36.5 Å². The van der Waals surface area contributed by atoms with Crippen molar-refractivity contribution >= 4 is 11.7 Å². The highest BCUT2D eigenvalue weighted by atomic mass is 16.1. The van der Waals surface area contributed by atoms with Gasteiger partial charge in [0, 0.05) is 23.2 Å². The first-order valence-electron chi connectivity index (χ1n) is 7.67. The zero-order valence-electron chi connectivity index (χ0n) is 13.2. The molecule has 1 heterocycles. The van der Waals surface area contributed by atoms with Crippen LogP contribution in [0.4, 0.5) is 5.82 Å². The van der Waals surface area contributed by atoms with Gasteiger partial charge < -0.3 is 10.7 Å². The van der Waals surface area contributed by atoms with Gasteiger partial charge in [0.1, 0.15) is 5.82 Å². The minimum absolute atomic E-state index is 0.0497. The number of anilines is 1. The number of hydrogen-bond donors (Lipinski definition) is 3. The van der Waals surface area contributed by atoms with Crippen LogP contribution in [-0.4, -0.2) is 17.4 Å². The van der Waals surface area contributed by atoms with E-state index in [9.17, 15) is 4.79 Å². The molecule has 0 radical (unpaired) electrons. The number of carbonyl (C=O) groups is 1. The molecule has 21 heavy (non-hydrogen) atoms. The Morgan fingerprint density at radius 3 is 2.57 bits per heavy atom. The van der Waals surface area contributed by atoms with E-state index < -0.39 is 0 Å². The minimum Gasteiger partial charge on any atom is -0.352 e. The predicted molar refractivity (Wildman–Crippen MR) is 85.0 cm³/mol. The fraction of sp³-hybridized carbons (Fsp3) is 0.625. The maximum Gasteiger partial charge on any atom is 0.251 e. The SMILES string of the molecule is CC(C)(C)c1cc(C(=O)NCC2CCCC2)cc(NN)n1. The third-order valence-corrected chi connectivity index (χ3v) is 4.03. The normalized spacial score (nSPS) is 16.0. The monoisotopic (exact) mass is 290 g/mol. The van der Waals surface area contributed by atoms with Crippen LogP contribution in [0.1, 0.15) is 62.5 Å². The number of nitrogens with two attached hydrogens (primary N) is 1. The smallest absolute Gasteiger partial charge is 0.251 e. The molecule has 0 aliphatic heterocycles. The Morgan fingerprint density at radius 2 is 2.00 bits per heavy atom. The average molecular weight is 290 g/mol. The van der Waals surface area contributed by atoms with Crippen molar-refractivity contribution < 1.29 is 4.79 Å². The maximum atomic E-state index is 12.3. The zero-order chi connectivity index (χ0) is 15.5. The van der Waals surface area contributed by atoms with Gasteiger partial charge in [-0.15, -0.1) is 0 Å². The molecule has 4 N–H and O–H groups in total. The van der Waals surface area contributed by atoms with Crippen LogP contribution in [0.3, 0.4) is 0 Å². The highest BCUT2D eigenvalue weighted by molar-refractivity contribution is 5.95. The number of aromatic nitrogens is 1. The number of amides is 1. The number of hydrazine groups is 1. The standard InChI is InChI=1S/C16H26N4O/c1-16(2,3)13-8-12(9-14(19-13)20-17)15(21)18-10-11-6-4-5-7-11/h8-9,11H,4-7,10,17H2,1-3H3,(H,18,21)(H,19,20). The molecular weight excluding hydrogens is 264 g/mol. The minimum atomic E-state index is -0.132. The van der Waals surface area contributed by atoms with Crippen LogP contribution in [-0.2, 0) is 5.41 Å². The predicted octanol–water partition coefficient (Wildman–Crippen LogP) is 2.58. The second kappa shape index (κ2) is 6.43. The van der Waals surface area contributed by atoms with Gasteiger partial charge in [0.15, 0.2) is 0 Å². The van der Waals surface area contributed by atoms with E-state index in [1.807, 2.05) is 6.07 Å². The first-order valence-corrected chi connectivity index (χ1v) is 7.67. The fourth-order valence-corrected chi connectivity index (χ4v) is 2.67. The van der Waals surface area contributed by atoms with Crippen molar-refractivity contribution in [2.75, 3.05) is 12.0 Å². The molecule has 1 aromatic heterocycles. The van der Waals surface area contributed by atoms with Gasteiger partial charge in [-0.2, -0.15) is 0 Å². The Hall–Kier alpha value is -1.62. The lowest BCUT2D eigenvalue weighted by Gasteiger charge is -2.20. The van der Waals surface area contributed by atoms with Gasteiger partial charge in [-0.25, -0.2) is 10.8 Å². The second-order valence-corrected chi connectivity index (χ2v) is 6.88. The Kier molecular flexibility index (Phi) is 4.83. The Labute approximate surface area is 126 Å². The summed E-state index contributed by atoms with van der Waals surface area (Å²) in [6.45, 7) is 6.96. The van der Waals surface area contributed by atoms with Crippen LogP contribution < -0.4 is 16.6 Å². The van der Waals surface area contributed by atoms with E-state index in [1.165, 1.54) is 25.7 Å². The zero-order valence-corrected chi connectivity index (χ0v) is 13.2. The molecule has 1 fully saturated rings. The molecule has 1 amide bonds. The summed E-state index contributed by atoms with van der Waals surface area (Å²) in [6.07, 6.45) is 5.01. The molecule has 1 aliphatic rings. The van der Waals surface area contributed by atoms with E-state index in [-0.39, 0.29) is 11.3 Å². The topological polar surface area (TPSA) is 80.0 Å². The van der Waals surface area contributed by atoms with Gasteiger partial charge in [0.05, 0.1) is 0 Å². The molecule has 1 saturated carbocycles. The van der Waals surface area contributed by atoms with Crippen molar-refractivity contribution in [1.29, 1.82) is 0 Å². The third-order valence-electron chi connectivity index (χ3n) is 4.03. The summed E-state index contributed by atoms with van der Waals surface area (Å²) >= 11 is 0. The van der Waals surface area contributed by atoms with Gasteiger partial charge in [-0.3, -0.25) is 4.79 Å². The van der Waals surface area contributed by atoms with Crippen LogP contribution in [0.25, 0.3) is 0 Å². The number of nitrogen functional groups attached to an aromatic ring is 1. The first-order chi connectivity index (χ1) is 9.90. The van der Waals surface area contributed by atoms with Gasteiger partial charge in [-0.1, -0.05) is 33.6 Å². The summed E-state index contributed by atoms with van der Waals surface area (Å²) in [5, 5.41) is 3.04. The average Bonchev–Trinajstić information content (AvgIpc) is 2.96. The fourth-order valence-electron chi connectivity index (χ4n) is 2.67. The summed E-state index contributed by atoms with van der Waals surface area (Å²) in [5.74, 6) is 6.56. The van der Waals surface area contributed by atoms with Gasteiger partial charge in [0.25, 0.3) is 5.91 Å². The van der Waals surface area contributed by atoms with Crippen molar-refractivity contribution in [3.05, 3.63) is 23.4 Å². The molecule has 0 bridgehead atoms. The number of rotatable bonds is 4. The first kappa shape index (κ1) is 15.8. The van der Waals surface area contributed by atoms with Gasteiger partial charge in [0.2, 0.25) is 0 Å². The van der Waals surface area contributed by atoms with Crippen LogP contribution in [0.2, 0.25) is 0 Å². The van der Waals surface area contributed by atoms with Gasteiger partial charge in [-0.05, 0) is 30.9 Å². The van der Waals surface area contributed by atoms with Crippen LogP contribution in [0.15, 0.2) is 12.1 Å². The number of carbonyl (C=O) groups excluding carboxylic acids is 1. The molecule has 0 unspecified atom stereocenters. The van der Waals surface area contributed by atoms with E-state index in [4.69, 9.17) is 5.84 Å². The molecule has 0 aromatic carbocycles. The Bertz CT molecular complexity index is 501. The Balaban J connectivity index is 2.11. The molecular formula is C16H26N4O. The van der Waals surface area contributed by atoms with Gasteiger partial charge >= 0.3 is 0 Å². The second-order valence-electron chi connectivity index (χ2n) is 6.88. The summed E-state index contributed by atoms with van der Waals surface area (Å²) in [5.41, 5.74) is 3.87. The summed E-state index contributed by atoms with van der Waals surface area (Å²) in [7, 11) is 0. The van der Waals surface area contributed by atoms with Crippen molar-refractivity contribution in [2.45, 2.75) is 51.9 Å². The number of hydrogen-bond acceptors (Lipinski definition) is 4. The van der Waals surface area contributed by atoms with Crippen molar-refractivity contribution in [1.82, 2.24) is 10.3 Å². The lowest BCUT2D eigenvalue weighted by molar-refractivity contribution is 0.0947. The molecule has 1 aromatic rings. The lowest BCUT2D eigenvalue weighted by Crippen LogP contribution is -2.29. The van der Waals surface area contributed by atoms with E-state index >= 15 is 0 Å². The number of nitrogens with one attached hydrogen (secondary N) is 2. The molecule has 0 saturated heterocycles. The lowest BCUT2D eigenvalue weighted by atomic mass is 9.90. The molecule has 5 nitrogen and oxygen atoms in total. The highest BCUT2D eigenvalue weighted by Crippen LogP contribution is 2.25. The molecule has 2 rings (SSSR count). The quantitative estimate of drug-likeness (QED) is 0.588. The van der Waals surface area contributed by atoms with Crippen LogP contribution in [0, 0.1) is 5.92 Å². The van der Waals surface area contributed by atoms with Crippen molar-refractivity contribution in [3.8, 4) is 0 Å². The molecule has 1 aliphatic carbocycles. The molecule has 0 atom stereocenters. The summed E-state index contributed by atoms with van der Waals surface area (Å²) in [4.78, 5) is 16.8. The number of nitrogens with zero attached hydrogens (tertiary/aromatic N) is 1. The molecule has 0 spiro atoms. The van der Waals surface area contributed by atoms with Crippen LogP contribution in [0.5, 0.6) is 0 Å². The van der Waals surface area contributed by atoms with Crippen molar-refractivity contribution in [2.24, 2.45) is 11.8 Å². The van der Waals surface area contributed by atoms with Crippen molar-refractivity contribution in [3.63, 3.8) is 0 Å². The summed E-state index contributed by atoms with van der Waals surface area (Å²) in [6, 6.07) is 3.55. The molecule has 5 heteroatoms. The van der Waals surface area contributed by atoms with E-state index in [0.29, 0.717) is 17.3 Å². The highest BCUT2D eigenvalue weighted by Gasteiger charge is 2.20. The summed E-state index contributed by atoms with van der Waals surface area (Å²) < 4.78 is 0. The third kappa shape index (κ3) is 4.17. The van der Waals surface area contributed by atoms with E-state index in [1.54, 1.807) is 6.07 Å². The maximum absolute atomic E-state index is 12.3. The molecule has 116 valence electrons. The van der Waals surface area contributed by atoms with Crippen LogP contribution >= 0.6 is 0 Å². The largest absolute Gasteiger partial charge is 0.352 e. The number of pyridine rings is 1. The Morgan fingerprint density at radius 1 is 1.33 bits per heavy atom.